The summed E-state index contributed by atoms with van der Waals surface area (Å²) in [5.74, 6) is -0.736. The molecule has 31 heavy (non-hydrogen) atoms. The van der Waals surface area contributed by atoms with Gasteiger partial charge >= 0.3 is 0 Å². The van der Waals surface area contributed by atoms with E-state index in [1.807, 2.05) is 7.05 Å². The Kier molecular flexibility index (Phi) is 6.60. The predicted molar refractivity (Wildman–Crippen MR) is 121 cm³/mol. The van der Waals surface area contributed by atoms with Crippen molar-refractivity contribution in [3.8, 4) is 5.75 Å². The van der Waals surface area contributed by atoms with Gasteiger partial charge in [-0.3, -0.25) is 14.4 Å². The summed E-state index contributed by atoms with van der Waals surface area (Å²) in [6, 6.07) is 6.45. The number of anilines is 3. The van der Waals surface area contributed by atoms with Crippen molar-refractivity contribution in [3.63, 3.8) is 0 Å². The zero-order chi connectivity index (χ0) is 22.7. The lowest BCUT2D eigenvalue weighted by Gasteiger charge is -2.25. The predicted octanol–water partition coefficient (Wildman–Crippen LogP) is 2.76. The Morgan fingerprint density at radius 2 is 1.87 bits per heavy atom. The van der Waals surface area contributed by atoms with E-state index in [1.165, 1.54) is 14.0 Å². The molecule has 1 aliphatic rings. The third-order valence-electron chi connectivity index (χ3n) is 5.42. The second kappa shape index (κ2) is 9.18. The summed E-state index contributed by atoms with van der Waals surface area (Å²) in [6.07, 6.45) is 0.849. The Bertz CT molecular complexity index is 1050. The standard InChI is InChI=1S/C23H28N4O4/c1-5-27(3)11-7-10-25-16-12-17(31-4)21(24)20-19(16)23(30)18-14(22(20)29)8-6-9-15(18)26-13(2)28/h6,8-9,12,25H,5,7,10-11,24H2,1-4H3,(H,26,28). The van der Waals surface area contributed by atoms with Crippen LogP contribution in [-0.4, -0.2) is 56.2 Å². The van der Waals surface area contributed by atoms with Gasteiger partial charge in [0.2, 0.25) is 5.91 Å². The number of nitrogens with zero attached hydrogens (tertiary/aromatic N) is 1. The van der Waals surface area contributed by atoms with Gasteiger partial charge in [-0.2, -0.15) is 0 Å². The van der Waals surface area contributed by atoms with Crippen LogP contribution >= 0.6 is 0 Å². The van der Waals surface area contributed by atoms with E-state index in [1.54, 1.807) is 24.3 Å². The van der Waals surface area contributed by atoms with E-state index >= 15 is 0 Å². The zero-order valence-electron chi connectivity index (χ0n) is 18.3. The number of rotatable bonds is 8. The number of amides is 1. The number of benzene rings is 2. The minimum absolute atomic E-state index is 0.127. The van der Waals surface area contributed by atoms with Gasteiger partial charge in [0.05, 0.1) is 35.2 Å². The van der Waals surface area contributed by atoms with E-state index in [-0.39, 0.29) is 45.4 Å². The highest BCUT2D eigenvalue weighted by Gasteiger charge is 2.36. The van der Waals surface area contributed by atoms with E-state index in [2.05, 4.69) is 22.5 Å². The maximum absolute atomic E-state index is 13.6. The molecule has 2 aromatic rings. The van der Waals surface area contributed by atoms with Gasteiger partial charge in [0, 0.05) is 30.8 Å². The first kappa shape index (κ1) is 22.3. The van der Waals surface area contributed by atoms with Gasteiger partial charge in [0.1, 0.15) is 5.75 Å². The molecule has 164 valence electrons. The molecule has 0 saturated carbocycles. The van der Waals surface area contributed by atoms with Crippen molar-refractivity contribution in [2.45, 2.75) is 20.3 Å². The SMILES string of the molecule is CCN(C)CCCNc1cc(OC)c(N)c2c1C(=O)c1c(NC(C)=O)cccc1C2=O. The van der Waals surface area contributed by atoms with E-state index in [4.69, 9.17) is 10.5 Å². The molecular weight excluding hydrogens is 396 g/mol. The van der Waals surface area contributed by atoms with Crippen LogP contribution < -0.4 is 21.1 Å². The van der Waals surface area contributed by atoms with Crippen LogP contribution in [-0.2, 0) is 4.79 Å². The third-order valence-corrected chi connectivity index (χ3v) is 5.42. The summed E-state index contributed by atoms with van der Waals surface area (Å²) in [7, 11) is 3.51. The lowest BCUT2D eigenvalue weighted by atomic mass is 9.81. The molecule has 8 nitrogen and oxygen atoms in total. The monoisotopic (exact) mass is 424 g/mol. The van der Waals surface area contributed by atoms with Crippen molar-refractivity contribution in [2.24, 2.45) is 0 Å². The number of ether oxygens (including phenoxy) is 1. The molecule has 0 heterocycles. The van der Waals surface area contributed by atoms with Crippen LogP contribution in [0.4, 0.5) is 17.1 Å². The van der Waals surface area contributed by atoms with Crippen molar-refractivity contribution in [2.75, 3.05) is 50.2 Å². The normalized spacial score (nSPS) is 12.4. The summed E-state index contributed by atoms with van der Waals surface area (Å²) in [5, 5.41) is 5.92. The van der Waals surface area contributed by atoms with Gasteiger partial charge in [-0.05, 0) is 32.6 Å². The molecular formula is C23H28N4O4. The number of nitrogens with one attached hydrogen (secondary N) is 2. The molecule has 2 aromatic carbocycles. The lowest BCUT2D eigenvalue weighted by Crippen LogP contribution is -2.26. The molecule has 0 spiro atoms. The maximum Gasteiger partial charge on any atom is 0.221 e. The molecule has 0 aromatic heterocycles. The number of nitrogen functional groups attached to an aromatic ring is 1. The zero-order valence-corrected chi connectivity index (χ0v) is 18.3. The van der Waals surface area contributed by atoms with E-state index in [9.17, 15) is 14.4 Å². The molecule has 8 heteroatoms. The summed E-state index contributed by atoms with van der Waals surface area (Å²) in [5.41, 5.74) is 7.86. The molecule has 4 N–H and O–H groups in total. The van der Waals surface area contributed by atoms with Gasteiger partial charge < -0.3 is 26.0 Å². The molecule has 0 unspecified atom stereocenters. The molecule has 0 radical (unpaired) electrons. The fourth-order valence-electron chi connectivity index (χ4n) is 3.72. The van der Waals surface area contributed by atoms with Crippen LogP contribution in [0.2, 0.25) is 0 Å². The molecule has 0 atom stereocenters. The van der Waals surface area contributed by atoms with E-state index < -0.39 is 0 Å². The van der Waals surface area contributed by atoms with Gasteiger partial charge in [-0.15, -0.1) is 0 Å². The molecule has 0 bridgehead atoms. The van der Waals surface area contributed by atoms with Crippen LogP contribution in [0.1, 0.15) is 52.1 Å². The fourth-order valence-corrected chi connectivity index (χ4v) is 3.72. The minimum atomic E-state index is -0.373. The van der Waals surface area contributed by atoms with Gasteiger partial charge in [0.15, 0.2) is 11.6 Å². The largest absolute Gasteiger partial charge is 0.494 e. The average Bonchev–Trinajstić information content (AvgIpc) is 2.74. The van der Waals surface area contributed by atoms with Crippen LogP contribution in [0, 0.1) is 0 Å². The summed E-state index contributed by atoms with van der Waals surface area (Å²) < 4.78 is 5.37. The van der Waals surface area contributed by atoms with Crippen LogP contribution in [0.25, 0.3) is 0 Å². The summed E-state index contributed by atoms with van der Waals surface area (Å²) in [4.78, 5) is 40.7. The highest BCUT2D eigenvalue weighted by molar-refractivity contribution is 6.34. The van der Waals surface area contributed by atoms with Crippen molar-refractivity contribution < 1.29 is 19.1 Å². The second-order valence-electron chi connectivity index (χ2n) is 7.53. The van der Waals surface area contributed by atoms with Crippen molar-refractivity contribution in [1.82, 2.24) is 4.90 Å². The molecule has 0 aliphatic heterocycles. The molecule has 1 amide bonds. The number of hydrogen-bond acceptors (Lipinski definition) is 7. The topological polar surface area (TPSA) is 114 Å². The van der Waals surface area contributed by atoms with Gasteiger partial charge in [-0.1, -0.05) is 19.1 Å². The van der Waals surface area contributed by atoms with Crippen molar-refractivity contribution >= 4 is 34.5 Å². The quantitative estimate of drug-likeness (QED) is 0.376. The van der Waals surface area contributed by atoms with Crippen molar-refractivity contribution in [1.29, 1.82) is 0 Å². The Labute approximate surface area is 181 Å². The minimum Gasteiger partial charge on any atom is -0.494 e. The molecule has 1 aliphatic carbocycles. The Morgan fingerprint density at radius 1 is 1.13 bits per heavy atom. The van der Waals surface area contributed by atoms with Crippen LogP contribution in [0.15, 0.2) is 24.3 Å². The number of nitrogens with two attached hydrogens (primary N) is 1. The Morgan fingerprint density at radius 3 is 2.52 bits per heavy atom. The highest BCUT2D eigenvalue weighted by atomic mass is 16.5. The maximum atomic E-state index is 13.6. The fraction of sp³-hybridized carbons (Fsp3) is 0.348. The molecule has 3 rings (SSSR count). The summed E-state index contributed by atoms with van der Waals surface area (Å²) in [6.45, 7) is 5.88. The first-order valence-corrected chi connectivity index (χ1v) is 10.2. The highest BCUT2D eigenvalue weighted by Crippen LogP contribution is 2.42. The molecule has 0 saturated heterocycles. The van der Waals surface area contributed by atoms with E-state index in [0.29, 0.717) is 23.7 Å². The van der Waals surface area contributed by atoms with Crippen LogP contribution in [0.3, 0.4) is 0 Å². The molecule has 0 fully saturated rings. The summed E-state index contributed by atoms with van der Waals surface area (Å²) >= 11 is 0. The number of methoxy groups -OCH3 is 1. The number of ketones is 2. The van der Waals surface area contributed by atoms with E-state index in [0.717, 1.165) is 19.5 Å². The Hall–Kier alpha value is -3.39. The van der Waals surface area contributed by atoms with Crippen molar-refractivity contribution in [3.05, 3.63) is 46.5 Å². The van der Waals surface area contributed by atoms with Gasteiger partial charge in [-0.25, -0.2) is 0 Å². The first-order chi connectivity index (χ1) is 14.8. The number of hydrogen-bond donors (Lipinski definition) is 3. The third kappa shape index (κ3) is 4.25. The second-order valence-corrected chi connectivity index (χ2v) is 7.53. The Balaban J connectivity index is 2.08. The number of carbonyl (C=O) groups is 3. The van der Waals surface area contributed by atoms with Crippen LogP contribution in [0.5, 0.6) is 5.75 Å². The first-order valence-electron chi connectivity index (χ1n) is 10.2. The number of carbonyl (C=O) groups excluding carboxylic acids is 3. The average molecular weight is 425 g/mol. The number of fused-ring (bicyclic) bond motifs is 2. The van der Waals surface area contributed by atoms with Gasteiger partial charge in [0.25, 0.3) is 0 Å². The lowest BCUT2D eigenvalue weighted by molar-refractivity contribution is -0.114. The smallest absolute Gasteiger partial charge is 0.221 e.